The van der Waals surface area contributed by atoms with E-state index in [0.29, 0.717) is 6.54 Å². The normalized spacial score (nSPS) is 11.6. The van der Waals surface area contributed by atoms with Crippen molar-refractivity contribution in [3.63, 3.8) is 0 Å². The van der Waals surface area contributed by atoms with Gasteiger partial charge in [-0.25, -0.2) is 9.97 Å². The van der Waals surface area contributed by atoms with E-state index in [4.69, 9.17) is 5.73 Å². The van der Waals surface area contributed by atoms with Crippen LogP contribution in [0, 0.1) is 0 Å². The number of nitrogens with zero attached hydrogens (tertiary/aromatic N) is 3. The van der Waals surface area contributed by atoms with Crippen molar-refractivity contribution in [2.75, 3.05) is 25.0 Å². The Morgan fingerprint density at radius 1 is 1.25 bits per heavy atom. The van der Waals surface area contributed by atoms with Gasteiger partial charge in [0.25, 0.3) is 0 Å². The van der Waals surface area contributed by atoms with Crippen molar-refractivity contribution in [2.24, 2.45) is 5.73 Å². The molecule has 0 amide bonds. The fourth-order valence-corrected chi connectivity index (χ4v) is 1.33. The second-order valence-electron chi connectivity index (χ2n) is 5.09. The number of hydrogen-bond donors (Lipinski definition) is 1. The Hall–Kier alpha value is -1.16. The van der Waals surface area contributed by atoms with Crippen LogP contribution in [0.4, 0.5) is 5.95 Å². The number of aromatic nitrogens is 2. The van der Waals surface area contributed by atoms with Gasteiger partial charge in [0.1, 0.15) is 0 Å². The zero-order valence-corrected chi connectivity index (χ0v) is 10.7. The molecule has 0 aliphatic heterocycles. The molecule has 0 unspecified atom stereocenters. The van der Waals surface area contributed by atoms with Crippen molar-refractivity contribution in [3.05, 3.63) is 18.0 Å². The molecule has 16 heavy (non-hydrogen) atoms. The molecule has 90 valence electrons. The summed E-state index contributed by atoms with van der Waals surface area (Å²) in [4.78, 5) is 10.8. The first-order chi connectivity index (χ1) is 7.45. The second-order valence-corrected chi connectivity index (χ2v) is 5.09. The third-order valence-corrected chi connectivity index (χ3v) is 2.54. The van der Waals surface area contributed by atoms with Gasteiger partial charge < -0.3 is 10.6 Å². The molecule has 0 aromatic carbocycles. The van der Waals surface area contributed by atoms with Gasteiger partial charge in [0.05, 0.1) is 0 Å². The van der Waals surface area contributed by atoms with Crippen LogP contribution in [0.3, 0.4) is 0 Å². The topological polar surface area (TPSA) is 55.0 Å². The van der Waals surface area contributed by atoms with Gasteiger partial charge in [-0.1, -0.05) is 20.8 Å². The SMILES string of the molecule is CN(CCCN)c1ncc(C(C)(C)C)cn1. The molecule has 0 aliphatic carbocycles. The van der Waals surface area contributed by atoms with Crippen LogP contribution in [-0.4, -0.2) is 30.1 Å². The molecular formula is C12H22N4. The molecule has 1 heterocycles. The highest BCUT2D eigenvalue weighted by molar-refractivity contribution is 5.29. The predicted octanol–water partition coefficient (Wildman–Crippen LogP) is 1.56. The van der Waals surface area contributed by atoms with Crippen LogP contribution in [-0.2, 0) is 5.41 Å². The minimum absolute atomic E-state index is 0.106. The summed E-state index contributed by atoms with van der Waals surface area (Å²) in [7, 11) is 1.99. The standard InChI is InChI=1S/C12H22N4/c1-12(2,3)10-8-14-11(15-9-10)16(4)7-5-6-13/h8-9H,5-7,13H2,1-4H3. The average molecular weight is 222 g/mol. The second kappa shape index (κ2) is 5.25. The first kappa shape index (κ1) is 12.9. The lowest BCUT2D eigenvalue weighted by molar-refractivity contribution is 0.583. The molecule has 2 N–H and O–H groups in total. The Morgan fingerprint density at radius 2 is 1.81 bits per heavy atom. The molecule has 0 radical (unpaired) electrons. The van der Waals surface area contributed by atoms with E-state index in [2.05, 4.69) is 30.7 Å². The molecule has 0 saturated carbocycles. The lowest BCUT2D eigenvalue weighted by Gasteiger charge is -2.20. The number of anilines is 1. The molecule has 1 aromatic heterocycles. The lowest BCUT2D eigenvalue weighted by Crippen LogP contribution is -2.23. The Balaban J connectivity index is 2.71. The van der Waals surface area contributed by atoms with Gasteiger partial charge in [-0.15, -0.1) is 0 Å². The zero-order chi connectivity index (χ0) is 12.2. The van der Waals surface area contributed by atoms with E-state index in [9.17, 15) is 0 Å². The number of rotatable bonds is 4. The molecule has 0 atom stereocenters. The van der Waals surface area contributed by atoms with Crippen LogP contribution in [0.2, 0.25) is 0 Å². The molecular weight excluding hydrogens is 200 g/mol. The largest absolute Gasteiger partial charge is 0.344 e. The molecule has 1 rings (SSSR count). The van der Waals surface area contributed by atoms with Crippen molar-refractivity contribution >= 4 is 5.95 Å². The van der Waals surface area contributed by atoms with E-state index in [-0.39, 0.29) is 5.41 Å². The average Bonchev–Trinajstić information content (AvgIpc) is 2.25. The minimum atomic E-state index is 0.106. The summed E-state index contributed by atoms with van der Waals surface area (Å²) in [5.74, 6) is 0.765. The van der Waals surface area contributed by atoms with Crippen molar-refractivity contribution in [2.45, 2.75) is 32.6 Å². The fourth-order valence-electron chi connectivity index (χ4n) is 1.33. The summed E-state index contributed by atoms with van der Waals surface area (Å²) in [5.41, 5.74) is 6.73. The highest BCUT2D eigenvalue weighted by atomic mass is 15.2. The predicted molar refractivity (Wildman–Crippen MR) is 67.7 cm³/mol. The van der Waals surface area contributed by atoms with Crippen LogP contribution < -0.4 is 10.6 Å². The summed E-state index contributed by atoms with van der Waals surface area (Å²) in [6.45, 7) is 8.06. The fraction of sp³-hybridized carbons (Fsp3) is 0.667. The highest BCUT2D eigenvalue weighted by Crippen LogP contribution is 2.21. The van der Waals surface area contributed by atoms with Crippen LogP contribution >= 0.6 is 0 Å². The quantitative estimate of drug-likeness (QED) is 0.840. The van der Waals surface area contributed by atoms with E-state index in [1.54, 1.807) is 0 Å². The molecule has 0 saturated heterocycles. The third kappa shape index (κ3) is 3.45. The van der Waals surface area contributed by atoms with Gasteiger partial charge in [-0.3, -0.25) is 0 Å². The number of nitrogens with two attached hydrogens (primary N) is 1. The third-order valence-electron chi connectivity index (χ3n) is 2.54. The Kier molecular flexibility index (Phi) is 4.24. The first-order valence-electron chi connectivity index (χ1n) is 5.69. The molecule has 0 aliphatic rings. The van der Waals surface area contributed by atoms with E-state index in [0.717, 1.165) is 24.5 Å². The van der Waals surface area contributed by atoms with E-state index >= 15 is 0 Å². The molecule has 0 bridgehead atoms. The molecule has 4 nitrogen and oxygen atoms in total. The summed E-state index contributed by atoms with van der Waals surface area (Å²) >= 11 is 0. The van der Waals surface area contributed by atoms with E-state index < -0.39 is 0 Å². The van der Waals surface area contributed by atoms with Gasteiger partial charge in [-0.2, -0.15) is 0 Å². The van der Waals surface area contributed by atoms with Crippen molar-refractivity contribution in [3.8, 4) is 0 Å². The maximum absolute atomic E-state index is 5.47. The van der Waals surface area contributed by atoms with Gasteiger partial charge in [-0.05, 0) is 23.9 Å². The lowest BCUT2D eigenvalue weighted by atomic mass is 9.89. The molecule has 0 spiro atoms. The summed E-state index contributed by atoms with van der Waals surface area (Å²) < 4.78 is 0. The summed E-state index contributed by atoms with van der Waals surface area (Å²) in [6.07, 6.45) is 4.77. The number of hydrogen-bond acceptors (Lipinski definition) is 4. The monoisotopic (exact) mass is 222 g/mol. The van der Waals surface area contributed by atoms with Crippen LogP contribution in [0.1, 0.15) is 32.8 Å². The first-order valence-corrected chi connectivity index (χ1v) is 5.69. The maximum atomic E-state index is 5.47. The zero-order valence-electron chi connectivity index (χ0n) is 10.7. The molecule has 4 heteroatoms. The van der Waals surface area contributed by atoms with Crippen LogP contribution in [0.25, 0.3) is 0 Å². The Bertz CT molecular complexity index is 313. The molecule has 0 fully saturated rings. The maximum Gasteiger partial charge on any atom is 0.224 e. The highest BCUT2D eigenvalue weighted by Gasteiger charge is 2.14. The molecule has 1 aromatic rings. The van der Waals surface area contributed by atoms with Gasteiger partial charge in [0, 0.05) is 26.0 Å². The Labute approximate surface area is 97.9 Å². The van der Waals surface area contributed by atoms with Crippen LogP contribution in [0.5, 0.6) is 0 Å². The van der Waals surface area contributed by atoms with Gasteiger partial charge in [0.15, 0.2) is 0 Å². The van der Waals surface area contributed by atoms with E-state index in [1.165, 1.54) is 0 Å². The summed E-state index contributed by atoms with van der Waals surface area (Å²) in [6, 6.07) is 0. The van der Waals surface area contributed by atoms with Crippen molar-refractivity contribution in [1.82, 2.24) is 9.97 Å². The smallest absolute Gasteiger partial charge is 0.224 e. The Morgan fingerprint density at radius 3 is 2.25 bits per heavy atom. The van der Waals surface area contributed by atoms with Crippen molar-refractivity contribution < 1.29 is 0 Å². The van der Waals surface area contributed by atoms with Crippen molar-refractivity contribution in [1.29, 1.82) is 0 Å². The minimum Gasteiger partial charge on any atom is -0.344 e. The summed E-state index contributed by atoms with van der Waals surface area (Å²) in [5, 5.41) is 0. The van der Waals surface area contributed by atoms with Gasteiger partial charge >= 0.3 is 0 Å². The van der Waals surface area contributed by atoms with Gasteiger partial charge in [0.2, 0.25) is 5.95 Å². The van der Waals surface area contributed by atoms with Crippen LogP contribution in [0.15, 0.2) is 12.4 Å². The van der Waals surface area contributed by atoms with E-state index in [1.807, 2.05) is 24.3 Å².